The van der Waals surface area contributed by atoms with Gasteiger partial charge >= 0.3 is 0 Å². The number of benzene rings is 1. The van der Waals surface area contributed by atoms with Gasteiger partial charge in [0, 0.05) is 25.4 Å². The van der Waals surface area contributed by atoms with E-state index < -0.39 is 0 Å². The molecule has 0 bridgehead atoms. The minimum atomic E-state index is 0.0985. The number of amides is 1. The minimum Gasteiger partial charge on any atom is -0.356 e. The average Bonchev–Trinajstić information content (AvgIpc) is 3.05. The summed E-state index contributed by atoms with van der Waals surface area (Å²) in [6, 6.07) is 8.28. The molecule has 1 N–H and O–H groups in total. The highest BCUT2D eigenvalue weighted by Gasteiger charge is 2.03. The van der Waals surface area contributed by atoms with E-state index in [-0.39, 0.29) is 5.91 Å². The van der Waals surface area contributed by atoms with Crippen LogP contribution in [0.5, 0.6) is 0 Å². The van der Waals surface area contributed by atoms with Gasteiger partial charge in [-0.3, -0.25) is 4.79 Å². The molecule has 24 heavy (non-hydrogen) atoms. The lowest BCUT2D eigenvalue weighted by Gasteiger charge is -2.06. The molecule has 6 heteroatoms. The maximum absolute atomic E-state index is 11.9. The van der Waals surface area contributed by atoms with E-state index in [4.69, 9.17) is 0 Å². The highest BCUT2D eigenvalue weighted by molar-refractivity contribution is 5.76. The average molecular weight is 323 g/mol. The molecule has 0 radical (unpaired) electrons. The molecule has 3 rings (SSSR count). The Morgan fingerprint density at radius 1 is 1.21 bits per heavy atom. The third kappa shape index (κ3) is 4.38. The Morgan fingerprint density at radius 2 is 2.12 bits per heavy atom. The number of carbonyl (C=O) groups excluding carboxylic acids is 1. The summed E-state index contributed by atoms with van der Waals surface area (Å²) >= 11 is 0. The van der Waals surface area contributed by atoms with E-state index in [9.17, 15) is 4.79 Å². The molecule has 6 nitrogen and oxygen atoms in total. The van der Waals surface area contributed by atoms with E-state index >= 15 is 0 Å². The molecule has 0 spiro atoms. The van der Waals surface area contributed by atoms with E-state index in [1.54, 1.807) is 4.52 Å². The first kappa shape index (κ1) is 16.1. The molecule has 1 amide bonds. The maximum Gasteiger partial charge on any atom is 0.252 e. The summed E-state index contributed by atoms with van der Waals surface area (Å²) in [5.41, 5.74) is 3.52. The molecule has 2 heterocycles. The highest BCUT2D eigenvalue weighted by atomic mass is 16.1. The predicted molar refractivity (Wildman–Crippen MR) is 91.6 cm³/mol. The van der Waals surface area contributed by atoms with Crippen LogP contribution < -0.4 is 5.32 Å². The Hall–Kier alpha value is -2.76. The molecule has 0 aliphatic heterocycles. The molecule has 124 valence electrons. The van der Waals surface area contributed by atoms with Crippen LogP contribution in [0.2, 0.25) is 0 Å². The number of nitrogens with one attached hydrogen (secondary N) is 1. The third-order valence-corrected chi connectivity index (χ3v) is 3.88. The molecule has 0 atom stereocenters. The van der Waals surface area contributed by atoms with Gasteiger partial charge in [0.05, 0.1) is 0 Å². The van der Waals surface area contributed by atoms with E-state index in [0.29, 0.717) is 18.7 Å². The van der Waals surface area contributed by atoms with Gasteiger partial charge in [0.25, 0.3) is 5.78 Å². The summed E-state index contributed by atoms with van der Waals surface area (Å²) in [7, 11) is 0. The number of aromatic nitrogens is 4. The van der Waals surface area contributed by atoms with Crippen LogP contribution in [0.3, 0.4) is 0 Å². The fourth-order valence-corrected chi connectivity index (χ4v) is 2.62. The van der Waals surface area contributed by atoms with Gasteiger partial charge in [0.1, 0.15) is 6.33 Å². The second kappa shape index (κ2) is 7.68. The van der Waals surface area contributed by atoms with Crippen LogP contribution in [0.25, 0.3) is 5.78 Å². The first-order valence-corrected chi connectivity index (χ1v) is 8.17. The van der Waals surface area contributed by atoms with Gasteiger partial charge in [-0.15, -0.1) is 0 Å². The molecule has 0 saturated carbocycles. The van der Waals surface area contributed by atoms with Crippen LogP contribution in [-0.4, -0.2) is 32.0 Å². The molecule has 0 aliphatic rings. The topological polar surface area (TPSA) is 72.2 Å². The largest absolute Gasteiger partial charge is 0.356 e. The zero-order valence-electron chi connectivity index (χ0n) is 13.8. The Balaban J connectivity index is 1.37. The SMILES string of the molecule is Cc1cccc(CCC(=O)NCCCc2cnc3ncnn3c2)c1. The van der Waals surface area contributed by atoms with Gasteiger partial charge in [0.15, 0.2) is 0 Å². The molecule has 0 fully saturated rings. The van der Waals surface area contributed by atoms with Gasteiger partial charge in [-0.25, -0.2) is 9.50 Å². The van der Waals surface area contributed by atoms with E-state index in [2.05, 4.69) is 45.5 Å². The molecular weight excluding hydrogens is 302 g/mol. The lowest BCUT2D eigenvalue weighted by molar-refractivity contribution is -0.121. The third-order valence-electron chi connectivity index (χ3n) is 3.88. The second-order valence-electron chi connectivity index (χ2n) is 5.91. The number of rotatable bonds is 7. The second-order valence-corrected chi connectivity index (χ2v) is 5.91. The lowest BCUT2D eigenvalue weighted by Crippen LogP contribution is -2.25. The van der Waals surface area contributed by atoms with Crippen molar-refractivity contribution < 1.29 is 4.79 Å². The minimum absolute atomic E-state index is 0.0985. The monoisotopic (exact) mass is 323 g/mol. The summed E-state index contributed by atoms with van der Waals surface area (Å²) in [5.74, 6) is 0.699. The van der Waals surface area contributed by atoms with Crippen molar-refractivity contribution in [3.63, 3.8) is 0 Å². The quantitative estimate of drug-likeness (QED) is 0.676. The van der Waals surface area contributed by atoms with Gasteiger partial charge in [-0.2, -0.15) is 10.1 Å². The highest BCUT2D eigenvalue weighted by Crippen LogP contribution is 2.06. The Kier molecular flexibility index (Phi) is 5.15. The Morgan fingerprint density at radius 3 is 3.00 bits per heavy atom. The van der Waals surface area contributed by atoms with Crippen LogP contribution in [0.1, 0.15) is 29.5 Å². The van der Waals surface area contributed by atoms with Crippen LogP contribution >= 0.6 is 0 Å². The molecule has 2 aromatic heterocycles. The van der Waals surface area contributed by atoms with Crippen LogP contribution in [0, 0.1) is 6.92 Å². The fraction of sp³-hybridized carbons (Fsp3) is 0.333. The van der Waals surface area contributed by atoms with Crippen molar-refractivity contribution in [2.24, 2.45) is 0 Å². The van der Waals surface area contributed by atoms with Gasteiger partial charge in [-0.1, -0.05) is 29.8 Å². The van der Waals surface area contributed by atoms with E-state index in [1.807, 2.05) is 18.5 Å². The number of carbonyl (C=O) groups is 1. The number of fused-ring (bicyclic) bond motifs is 1. The maximum atomic E-state index is 11.9. The number of hydrogen-bond acceptors (Lipinski definition) is 4. The fourth-order valence-electron chi connectivity index (χ4n) is 2.62. The Labute approximate surface area is 141 Å². The summed E-state index contributed by atoms with van der Waals surface area (Å²) in [6.45, 7) is 2.73. The summed E-state index contributed by atoms with van der Waals surface area (Å²) in [6.07, 6.45) is 8.24. The summed E-state index contributed by atoms with van der Waals surface area (Å²) < 4.78 is 1.66. The normalized spacial score (nSPS) is 10.9. The standard InChI is InChI=1S/C18H21N5O/c1-14-4-2-5-15(10-14)7-8-17(24)19-9-3-6-16-11-20-18-21-13-22-23(18)12-16/h2,4-5,10-13H,3,6-9H2,1H3,(H,19,24). The zero-order chi connectivity index (χ0) is 16.8. The number of hydrogen-bond donors (Lipinski definition) is 1. The molecule has 0 unspecified atom stereocenters. The lowest BCUT2D eigenvalue weighted by atomic mass is 10.1. The van der Waals surface area contributed by atoms with Crippen molar-refractivity contribution >= 4 is 11.7 Å². The van der Waals surface area contributed by atoms with Crippen LogP contribution in [0.15, 0.2) is 43.0 Å². The van der Waals surface area contributed by atoms with Gasteiger partial charge in [-0.05, 0) is 37.3 Å². The van der Waals surface area contributed by atoms with E-state index in [0.717, 1.165) is 24.8 Å². The zero-order valence-corrected chi connectivity index (χ0v) is 13.8. The summed E-state index contributed by atoms with van der Waals surface area (Å²) in [4.78, 5) is 20.1. The summed E-state index contributed by atoms with van der Waals surface area (Å²) in [5, 5.41) is 7.04. The first-order valence-electron chi connectivity index (χ1n) is 8.17. The van der Waals surface area contributed by atoms with Crippen molar-refractivity contribution in [1.82, 2.24) is 24.9 Å². The number of nitrogens with zero attached hydrogens (tertiary/aromatic N) is 4. The first-order chi connectivity index (χ1) is 11.7. The Bertz CT molecular complexity index is 827. The van der Waals surface area contributed by atoms with Crippen LogP contribution in [0.4, 0.5) is 0 Å². The van der Waals surface area contributed by atoms with Gasteiger partial charge in [0.2, 0.25) is 5.91 Å². The van der Waals surface area contributed by atoms with Crippen molar-refractivity contribution in [3.8, 4) is 0 Å². The molecular formula is C18H21N5O. The predicted octanol–water partition coefficient (Wildman–Crippen LogP) is 2.11. The smallest absolute Gasteiger partial charge is 0.252 e. The molecule has 0 aliphatic carbocycles. The number of aryl methyl sites for hydroxylation is 3. The van der Waals surface area contributed by atoms with Crippen molar-refractivity contribution in [3.05, 3.63) is 59.7 Å². The van der Waals surface area contributed by atoms with Crippen molar-refractivity contribution in [2.45, 2.75) is 32.6 Å². The molecule has 1 aromatic carbocycles. The van der Waals surface area contributed by atoms with Gasteiger partial charge < -0.3 is 5.32 Å². The van der Waals surface area contributed by atoms with E-state index in [1.165, 1.54) is 17.5 Å². The van der Waals surface area contributed by atoms with Crippen molar-refractivity contribution in [2.75, 3.05) is 6.54 Å². The molecule has 0 saturated heterocycles. The molecule has 3 aromatic rings. The van der Waals surface area contributed by atoms with Crippen LogP contribution in [-0.2, 0) is 17.6 Å². The van der Waals surface area contributed by atoms with Crippen molar-refractivity contribution in [1.29, 1.82) is 0 Å².